The summed E-state index contributed by atoms with van der Waals surface area (Å²) < 4.78 is 61.0. The Bertz CT molecular complexity index is 1000. The predicted molar refractivity (Wildman–Crippen MR) is 97.4 cm³/mol. The molecule has 11 heteroatoms. The number of amides is 3. The maximum Gasteiger partial charge on any atom is 0.329 e. The normalized spacial score (nSPS) is 19.0. The number of methoxy groups -OCH3 is 1. The standard InChI is InChI=1S/C18H12Cl2F4N2O3/c1-18(6-10-11(21)13(23)15(29-2)14(24)12(10)22)16(27)26(17(28)25-18)9-4-7(19)3-8(20)5-9/h3-5H,6H2,1-2H3,(H,25,28). The van der Waals surface area contributed by atoms with Crippen LogP contribution in [-0.2, 0) is 11.2 Å². The summed E-state index contributed by atoms with van der Waals surface area (Å²) in [6, 6.07) is 3.01. The van der Waals surface area contributed by atoms with Crippen LogP contribution < -0.4 is 15.0 Å². The summed E-state index contributed by atoms with van der Waals surface area (Å²) in [6.07, 6.45) is -0.863. The van der Waals surface area contributed by atoms with E-state index in [0.29, 0.717) is 4.90 Å². The molecule has 1 atom stereocenters. The molecule has 0 bridgehead atoms. The Morgan fingerprint density at radius 2 is 1.52 bits per heavy atom. The lowest BCUT2D eigenvalue weighted by Gasteiger charge is -2.23. The lowest BCUT2D eigenvalue weighted by atomic mass is 9.91. The van der Waals surface area contributed by atoms with Gasteiger partial charge in [0.05, 0.1) is 12.8 Å². The Morgan fingerprint density at radius 1 is 1.00 bits per heavy atom. The van der Waals surface area contributed by atoms with Gasteiger partial charge in [0.2, 0.25) is 11.6 Å². The number of rotatable bonds is 4. The number of hydrogen-bond acceptors (Lipinski definition) is 3. The highest BCUT2D eigenvalue weighted by Gasteiger charge is 2.50. The molecule has 2 aromatic carbocycles. The first kappa shape index (κ1) is 21.2. The third kappa shape index (κ3) is 3.49. The van der Waals surface area contributed by atoms with E-state index in [0.717, 1.165) is 14.0 Å². The third-order valence-corrected chi connectivity index (χ3v) is 4.85. The minimum absolute atomic E-state index is 0.0155. The minimum Gasteiger partial charge on any atom is -0.491 e. The van der Waals surface area contributed by atoms with E-state index in [4.69, 9.17) is 23.2 Å². The molecule has 3 amide bonds. The molecule has 2 aromatic rings. The van der Waals surface area contributed by atoms with Gasteiger partial charge in [-0.15, -0.1) is 0 Å². The van der Waals surface area contributed by atoms with E-state index in [1.54, 1.807) is 0 Å². The fourth-order valence-corrected chi connectivity index (χ4v) is 3.57. The smallest absolute Gasteiger partial charge is 0.329 e. The molecule has 1 aliphatic heterocycles. The summed E-state index contributed by atoms with van der Waals surface area (Å²) in [6.45, 7) is 1.16. The minimum atomic E-state index is -1.90. The van der Waals surface area contributed by atoms with Crippen molar-refractivity contribution in [1.82, 2.24) is 5.32 Å². The van der Waals surface area contributed by atoms with Crippen LogP contribution in [0.5, 0.6) is 5.75 Å². The lowest BCUT2D eigenvalue weighted by Crippen LogP contribution is -2.46. The zero-order chi connectivity index (χ0) is 21.7. The summed E-state index contributed by atoms with van der Waals surface area (Å²) in [4.78, 5) is 25.9. The predicted octanol–water partition coefficient (Wildman–Crippen LogP) is 4.62. The first-order chi connectivity index (χ1) is 13.5. The number of nitrogens with zero attached hydrogens (tertiary/aromatic N) is 1. The van der Waals surface area contributed by atoms with E-state index in [1.807, 2.05) is 0 Å². The maximum atomic E-state index is 14.3. The molecular formula is C18H12Cl2F4N2O3. The Kier molecular flexibility index (Phi) is 5.40. The lowest BCUT2D eigenvalue weighted by molar-refractivity contribution is -0.121. The van der Waals surface area contributed by atoms with Crippen LogP contribution in [0.1, 0.15) is 12.5 Å². The summed E-state index contributed by atoms with van der Waals surface area (Å²) in [7, 11) is 0.843. The van der Waals surface area contributed by atoms with Crippen molar-refractivity contribution >= 4 is 40.8 Å². The van der Waals surface area contributed by atoms with Gasteiger partial charge in [0.1, 0.15) is 5.54 Å². The highest BCUT2D eigenvalue weighted by atomic mass is 35.5. The second-order valence-electron chi connectivity index (χ2n) is 6.47. The van der Waals surface area contributed by atoms with Gasteiger partial charge < -0.3 is 10.1 Å². The van der Waals surface area contributed by atoms with Crippen LogP contribution >= 0.6 is 23.2 Å². The molecular weight excluding hydrogens is 439 g/mol. The second kappa shape index (κ2) is 7.38. The molecule has 154 valence electrons. The second-order valence-corrected chi connectivity index (χ2v) is 7.35. The van der Waals surface area contributed by atoms with Gasteiger partial charge in [0.25, 0.3) is 5.91 Å². The van der Waals surface area contributed by atoms with E-state index < -0.39 is 58.5 Å². The molecule has 1 aliphatic rings. The number of imide groups is 1. The van der Waals surface area contributed by atoms with Crippen molar-refractivity contribution < 1.29 is 31.9 Å². The zero-order valence-electron chi connectivity index (χ0n) is 14.9. The Morgan fingerprint density at radius 3 is 2.00 bits per heavy atom. The van der Waals surface area contributed by atoms with Gasteiger partial charge in [-0.05, 0) is 25.1 Å². The number of urea groups is 1. The number of halogens is 6. The van der Waals surface area contributed by atoms with Gasteiger partial charge in [-0.3, -0.25) is 4.79 Å². The van der Waals surface area contributed by atoms with Crippen molar-refractivity contribution in [2.45, 2.75) is 18.9 Å². The molecule has 3 rings (SSSR count). The molecule has 0 aromatic heterocycles. The summed E-state index contributed by atoms with van der Waals surface area (Å²) in [5.74, 6) is -9.11. The van der Waals surface area contributed by atoms with Crippen molar-refractivity contribution in [2.24, 2.45) is 0 Å². The van der Waals surface area contributed by atoms with Crippen LogP contribution in [0.2, 0.25) is 10.0 Å². The fourth-order valence-electron chi connectivity index (χ4n) is 3.05. The molecule has 5 nitrogen and oxygen atoms in total. The average molecular weight is 451 g/mol. The molecule has 0 aliphatic carbocycles. The SMILES string of the molecule is COc1c(F)c(F)c(CC2(C)NC(=O)N(c3cc(Cl)cc(Cl)c3)C2=O)c(F)c1F. The van der Waals surface area contributed by atoms with Gasteiger partial charge in [0, 0.05) is 22.0 Å². The van der Waals surface area contributed by atoms with Crippen LogP contribution in [-0.4, -0.2) is 24.6 Å². The van der Waals surface area contributed by atoms with E-state index in [1.165, 1.54) is 18.2 Å². The highest BCUT2D eigenvalue weighted by molar-refractivity contribution is 6.35. The number of carbonyl (C=O) groups is 2. The van der Waals surface area contributed by atoms with Crippen LogP contribution in [0.3, 0.4) is 0 Å². The summed E-state index contributed by atoms with van der Waals surface area (Å²) >= 11 is 11.8. The van der Waals surface area contributed by atoms with Crippen LogP contribution in [0.15, 0.2) is 18.2 Å². The zero-order valence-corrected chi connectivity index (χ0v) is 16.4. The molecule has 0 radical (unpaired) electrons. The molecule has 0 saturated carbocycles. The van der Waals surface area contributed by atoms with Crippen LogP contribution in [0.4, 0.5) is 28.0 Å². The van der Waals surface area contributed by atoms with E-state index in [2.05, 4.69) is 10.1 Å². The monoisotopic (exact) mass is 450 g/mol. The molecule has 29 heavy (non-hydrogen) atoms. The van der Waals surface area contributed by atoms with Crippen LogP contribution in [0, 0.1) is 23.3 Å². The quantitative estimate of drug-likeness (QED) is 0.420. The molecule has 1 unspecified atom stereocenters. The highest BCUT2D eigenvalue weighted by Crippen LogP contribution is 2.35. The molecule has 1 fully saturated rings. The number of carbonyl (C=O) groups excluding carboxylic acids is 2. The fraction of sp³-hybridized carbons (Fsp3) is 0.222. The van der Waals surface area contributed by atoms with Gasteiger partial charge in [-0.25, -0.2) is 18.5 Å². The molecule has 1 N–H and O–H groups in total. The van der Waals surface area contributed by atoms with Crippen molar-refractivity contribution in [1.29, 1.82) is 0 Å². The first-order valence-corrected chi connectivity index (χ1v) is 8.77. The Labute approximate surface area is 172 Å². The number of benzene rings is 2. The molecule has 0 spiro atoms. The average Bonchev–Trinajstić information content (AvgIpc) is 2.85. The molecule has 1 heterocycles. The summed E-state index contributed by atoms with van der Waals surface area (Å²) in [5.41, 5.74) is -2.94. The molecule has 1 saturated heterocycles. The number of hydrogen-bond donors (Lipinski definition) is 1. The largest absolute Gasteiger partial charge is 0.491 e. The Balaban J connectivity index is 2.03. The van der Waals surface area contributed by atoms with E-state index in [-0.39, 0.29) is 15.7 Å². The Hall–Kier alpha value is -2.52. The third-order valence-electron chi connectivity index (χ3n) is 4.42. The van der Waals surface area contributed by atoms with Gasteiger partial charge >= 0.3 is 6.03 Å². The van der Waals surface area contributed by atoms with Crippen LogP contribution in [0.25, 0.3) is 0 Å². The topological polar surface area (TPSA) is 58.6 Å². The van der Waals surface area contributed by atoms with Gasteiger partial charge in [-0.1, -0.05) is 23.2 Å². The number of anilines is 1. The van der Waals surface area contributed by atoms with Crippen molar-refractivity contribution in [2.75, 3.05) is 12.0 Å². The number of nitrogens with one attached hydrogen (secondary N) is 1. The first-order valence-electron chi connectivity index (χ1n) is 8.01. The van der Waals surface area contributed by atoms with Crippen molar-refractivity contribution in [3.8, 4) is 5.75 Å². The van der Waals surface area contributed by atoms with Crippen molar-refractivity contribution in [3.05, 3.63) is 57.1 Å². The number of ether oxygens (including phenoxy) is 1. The summed E-state index contributed by atoms with van der Waals surface area (Å²) in [5, 5.41) is 2.55. The maximum absolute atomic E-state index is 14.3. The van der Waals surface area contributed by atoms with Gasteiger partial charge in [-0.2, -0.15) is 8.78 Å². The van der Waals surface area contributed by atoms with E-state index in [9.17, 15) is 27.2 Å². The van der Waals surface area contributed by atoms with Crippen molar-refractivity contribution in [3.63, 3.8) is 0 Å². The van der Waals surface area contributed by atoms with E-state index >= 15 is 0 Å². The van der Waals surface area contributed by atoms with Gasteiger partial charge in [0.15, 0.2) is 17.4 Å².